The smallest absolute Gasteiger partial charge is 0.185 e. The van der Waals surface area contributed by atoms with Crippen molar-refractivity contribution >= 4 is 35.2 Å². The first-order valence-electron chi connectivity index (χ1n) is 7.40. The summed E-state index contributed by atoms with van der Waals surface area (Å²) in [7, 11) is 0. The molecular formula is C19H19ClOS. The lowest BCUT2D eigenvalue weighted by molar-refractivity contribution is 0.104. The zero-order valence-electron chi connectivity index (χ0n) is 12.6. The van der Waals surface area contributed by atoms with Gasteiger partial charge in [-0.2, -0.15) is 0 Å². The number of carbonyl (C=O) groups is 1. The van der Waals surface area contributed by atoms with Gasteiger partial charge in [0.15, 0.2) is 5.78 Å². The van der Waals surface area contributed by atoms with Crippen molar-refractivity contribution in [2.75, 3.05) is 5.75 Å². The highest BCUT2D eigenvalue weighted by atomic mass is 35.5. The van der Waals surface area contributed by atoms with E-state index in [1.165, 1.54) is 17.7 Å². The minimum absolute atomic E-state index is 0.0157. The summed E-state index contributed by atoms with van der Waals surface area (Å²) in [6.07, 6.45) is 5.91. The topological polar surface area (TPSA) is 17.1 Å². The van der Waals surface area contributed by atoms with Gasteiger partial charge >= 0.3 is 0 Å². The molecule has 0 unspecified atom stereocenters. The van der Waals surface area contributed by atoms with Gasteiger partial charge < -0.3 is 0 Å². The van der Waals surface area contributed by atoms with E-state index in [0.717, 1.165) is 11.3 Å². The molecule has 0 saturated heterocycles. The third kappa shape index (κ3) is 5.36. The Bertz CT molecular complexity index is 629. The number of halogens is 1. The Morgan fingerprint density at radius 1 is 1.09 bits per heavy atom. The lowest BCUT2D eigenvalue weighted by Crippen LogP contribution is -1.93. The van der Waals surface area contributed by atoms with Crippen molar-refractivity contribution < 1.29 is 4.79 Å². The molecule has 0 aliphatic carbocycles. The summed E-state index contributed by atoms with van der Waals surface area (Å²) in [6, 6.07) is 15.2. The van der Waals surface area contributed by atoms with E-state index in [4.69, 9.17) is 11.6 Å². The molecule has 0 heterocycles. The van der Waals surface area contributed by atoms with E-state index in [1.807, 2.05) is 30.0 Å². The summed E-state index contributed by atoms with van der Waals surface area (Å²) in [5.74, 6) is 1.14. The zero-order chi connectivity index (χ0) is 15.8. The molecule has 0 fully saturated rings. The van der Waals surface area contributed by atoms with Crippen LogP contribution in [-0.2, 0) is 0 Å². The molecule has 3 heteroatoms. The maximum atomic E-state index is 12.0. The molecule has 0 saturated carbocycles. The Balaban J connectivity index is 1.95. The molecule has 0 spiro atoms. The molecular weight excluding hydrogens is 312 g/mol. The van der Waals surface area contributed by atoms with Gasteiger partial charge in [-0.05, 0) is 60.2 Å². The summed E-state index contributed by atoms with van der Waals surface area (Å²) < 4.78 is 0. The van der Waals surface area contributed by atoms with Crippen LogP contribution in [0.2, 0.25) is 5.02 Å². The molecule has 0 N–H and O–H groups in total. The van der Waals surface area contributed by atoms with Crippen LogP contribution in [0.5, 0.6) is 0 Å². The Hall–Kier alpha value is -1.51. The summed E-state index contributed by atoms with van der Waals surface area (Å²) >= 11 is 7.69. The number of hydrogen-bond acceptors (Lipinski definition) is 2. The first-order chi connectivity index (χ1) is 10.7. The van der Waals surface area contributed by atoms with Gasteiger partial charge in [-0.1, -0.05) is 43.2 Å². The van der Waals surface area contributed by atoms with Gasteiger partial charge in [0.25, 0.3) is 0 Å². The maximum absolute atomic E-state index is 12.0. The average Bonchev–Trinajstić information content (AvgIpc) is 2.55. The van der Waals surface area contributed by atoms with Crippen LogP contribution >= 0.6 is 23.4 Å². The normalized spacial score (nSPS) is 11.0. The van der Waals surface area contributed by atoms with Gasteiger partial charge in [-0.15, -0.1) is 11.8 Å². The van der Waals surface area contributed by atoms with Gasteiger partial charge in [0.2, 0.25) is 0 Å². The highest BCUT2D eigenvalue weighted by molar-refractivity contribution is 7.99. The van der Waals surface area contributed by atoms with Crippen molar-refractivity contribution in [2.24, 2.45) is 0 Å². The fourth-order valence-electron chi connectivity index (χ4n) is 1.89. The quantitative estimate of drug-likeness (QED) is 0.263. The van der Waals surface area contributed by atoms with Crippen molar-refractivity contribution in [1.29, 1.82) is 0 Å². The highest BCUT2D eigenvalue weighted by Gasteiger charge is 2.01. The Kier molecular flexibility index (Phi) is 6.75. The number of carbonyl (C=O) groups excluding carboxylic acids is 1. The molecule has 22 heavy (non-hydrogen) atoms. The summed E-state index contributed by atoms with van der Waals surface area (Å²) in [5, 5.41) is 0.636. The highest BCUT2D eigenvalue weighted by Crippen LogP contribution is 2.20. The van der Waals surface area contributed by atoms with Crippen LogP contribution in [0.4, 0.5) is 0 Å². The van der Waals surface area contributed by atoms with E-state index in [-0.39, 0.29) is 5.78 Å². The van der Waals surface area contributed by atoms with Gasteiger partial charge in [0.05, 0.1) is 0 Å². The minimum Gasteiger partial charge on any atom is -0.289 e. The minimum atomic E-state index is -0.0157. The Morgan fingerprint density at radius 3 is 2.41 bits per heavy atom. The van der Waals surface area contributed by atoms with Crippen LogP contribution in [0, 0.1) is 0 Å². The molecule has 0 radical (unpaired) electrons. The molecule has 0 bridgehead atoms. The SMILES string of the molecule is CCCCSc1ccc(C=CC(=O)c2ccc(Cl)cc2)cc1. The first kappa shape index (κ1) is 16.9. The second-order valence-electron chi connectivity index (χ2n) is 4.98. The summed E-state index contributed by atoms with van der Waals surface area (Å²) in [5.41, 5.74) is 1.68. The van der Waals surface area contributed by atoms with E-state index in [2.05, 4.69) is 19.1 Å². The third-order valence-electron chi connectivity index (χ3n) is 3.20. The third-order valence-corrected chi connectivity index (χ3v) is 4.55. The van der Waals surface area contributed by atoms with Crippen LogP contribution in [-0.4, -0.2) is 11.5 Å². The molecule has 1 nitrogen and oxygen atoms in total. The van der Waals surface area contributed by atoms with Gasteiger partial charge in [-0.25, -0.2) is 0 Å². The number of ketones is 1. The molecule has 0 aliphatic rings. The van der Waals surface area contributed by atoms with Gasteiger partial charge in [0.1, 0.15) is 0 Å². The molecule has 0 aliphatic heterocycles. The van der Waals surface area contributed by atoms with Crippen LogP contribution in [0.15, 0.2) is 59.5 Å². The number of rotatable bonds is 7. The Morgan fingerprint density at radius 2 is 1.77 bits per heavy atom. The van der Waals surface area contributed by atoms with Crippen LogP contribution in [0.1, 0.15) is 35.7 Å². The van der Waals surface area contributed by atoms with E-state index in [0.29, 0.717) is 10.6 Å². The second kappa shape index (κ2) is 8.82. The van der Waals surface area contributed by atoms with Crippen LogP contribution in [0.25, 0.3) is 6.08 Å². The van der Waals surface area contributed by atoms with Crippen molar-refractivity contribution in [3.05, 3.63) is 70.8 Å². The number of thioether (sulfide) groups is 1. The number of unbranched alkanes of at least 4 members (excludes halogenated alkanes) is 1. The lowest BCUT2D eigenvalue weighted by Gasteiger charge is -2.01. The van der Waals surface area contributed by atoms with Crippen molar-refractivity contribution in [3.8, 4) is 0 Å². The van der Waals surface area contributed by atoms with Crippen molar-refractivity contribution in [2.45, 2.75) is 24.7 Å². The molecule has 114 valence electrons. The van der Waals surface area contributed by atoms with E-state index < -0.39 is 0 Å². The maximum Gasteiger partial charge on any atom is 0.185 e. The fourth-order valence-corrected chi connectivity index (χ4v) is 3.02. The van der Waals surface area contributed by atoms with Gasteiger partial charge in [0, 0.05) is 15.5 Å². The largest absolute Gasteiger partial charge is 0.289 e. The fraction of sp³-hybridized carbons (Fsp3) is 0.211. The van der Waals surface area contributed by atoms with E-state index >= 15 is 0 Å². The predicted molar refractivity (Wildman–Crippen MR) is 96.9 cm³/mol. The second-order valence-corrected chi connectivity index (χ2v) is 6.58. The molecule has 2 aromatic rings. The Labute approximate surface area is 141 Å². The van der Waals surface area contributed by atoms with E-state index in [9.17, 15) is 4.79 Å². The monoisotopic (exact) mass is 330 g/mol. The number of allylic oxidation sites excluding steroid dienone is 1. The van der Waals surface area contributed by atoms with Crippen molar-refractivity contribution in [1.82, 2.24) is 0 Å². The molecule has 2 rings (SSSR count). The molecule has 2 aromatic carbocycles. The number of hydrogen-bond donors (Lipinski definition) is 0. The standard InChI is InChI=1S/C19H19ClOS/c1-2-3-14-22-18-11-4-15(5-12-18)6-13-19(21)16-7-9-17(20)10-8-16/h4-13H,2-3,14H2,1H3. The molecule has 0 aromatic heterocycles. The zero-order valence-corrected chi connectivity index (χ0v) is 14.2. The number of benzene rings is 2. The summed E-state index contributed by atoms with van der Waals surface area (Å²) in [4.78, 5) is 13.3. The van der Waals surface area contributed by atoms with Gasteiger partial charge in [-0.3, -0.25) is 4.79 Å². The van der Waals surface area contributed by atoms with Crippen LogP contribution in [0.3, 0.4) is 0 Å². The predicted octanol–water partition coefficient (Wildman–Crippen LogP) is 6.13. The lowest BCUT2D eigenvalue weighted by atomic mass is 10.1. The summed E-state index contributed by atoms with van der Waals surface area (Å²) in [6.45, 7) is 2.20. The first-order valence-corrected chi connectivity index (χ1v) is 8.76. The average molecular weight is 331 g/mol. The van der Waals surface area contributed by atoms with E-state index in [1.54, 1.807) is 30.3 Å². The van der Waals surface area contributed by atoms with Crippen LogP contribution < -0.4 is 0 Å². The molecule has 0 atom stereocenters. The molecule has 0 amide bonds. The van der Waals surface area contributed by atoms with Crippen molar-refractivity contribution in [3.63, 3.8) is 0 Å².